The fraction of sp³-hybridized carbons (Fsp3) is 0.400. The van der Waals surface area contributed by atoms with Gasteiger partial charge in [-0.2, -0.15) is 0 Å². The van der Waals surface area contributed by atoms with Crippen LogP contribution in [0.15, 0.2) is 35.3 Å². The molecule has 1 amide bonds. The Balaban J connectivity index is 1.51. The number of carbonyl (C=O) groups excluding carboxylic acids is 1. The molecule has 2 aliphatic heterocycles. The fourth-order valence-electron chi connectivity index (χ4n) is 3.98. The molecule has 3 heterocycles. The van der Waals surface area contributed by atoms with E-state index in [1.54, 1.807) is 4.90 Å². The number of fused-ring (bicyclic) bond motifs is 1. The van der Waals surface area contributed by atoms with E-state index < -0.39 is 5.56 Å². The van der Waals surface area contributed by atoms with Crippen LogP contribution in [0.1, 0.15) is 35.7 Å². The molecule has 0 radical (unpaired) electrons. The van der Waals surface area contributed by atoms with E-state index in [0.29, 0.717) is 13.1 Å². The van der Waals surface area contributed by atoms with Crippen LogP contribution in [-0.4, -0.2) is 40.8 Å². The van der Waals surface area contributed by atoms with E-state index in [9.17, 15) is 14.7 Å². The van der Waals surface area contributed by atoms with Gasteiger partial charge < -0.3 is 24.5 Å². The number of aromatic amines is 1. The summed E-state index contributed by atoms with van der Waals surface area (Å²) in [5.74, 6) is 0.975. The van der Waals surface area contributed by atoms with Crippen LogP contribution in [0, 0.1) is 5.41 Å². The van der Waals surface area contributed by atoms with E-state index >= 15 is 0 Å². The van der Waals surface area contributed by atoms with E-state index in [0.717, 1.165) is 42.4 Å². The number of ether oxygens (including phenoxy) is 2. The molecule has 0 bridgehead atoms. The van der Waals surface area contributed by atoms with Crippen molar-refractivity contribution in [1.29, 1.82) is 0 Å². The van der Waals surface area contributed by atoms with Crippen molar-refractivity contribution in [1.82, 2.24) is 9.88 Å². The van der Waals surface area contributed by atoms with E-state index in [-0.39, 0.29) is 29.4 Å². The number of hydrogen-bond acceptors (Lipinski definition) is 5. The van der Waals surface area contributed by atoms with Crippen LogP contribution in [0.25, 0.3) is 0 Å². The van der Waals surface area contributed by atoms with Gasteiger partial charge >= 0.3 is 0 Å². The minimum Gasteiger partial charge on any atom is -0.507 e. The second-order valence-electron chi connectivity index (χ2n) is 7.60. The highest BCUT2D eigenvalue weighted by atomic mass is 16.7. The maximum Gasteiger partial charge on any atom is 0.259 e. The molecule has 0 spiro atoms. The second kappa shape index (κ2) is 6.64. The highest BCUT2D eigenvalue weighted by Crippen LogP contribution is 2.38. The van der Waals surface area contributed by atoms with Gasteiger partial charge in [0.1, 0.15) is 5.75 Å². The van der Waals surface area contributed by atoms with E-state index in [2.05, 4.69) is 11.9 Å². The largest absolute Gasteiger partial charge is 0.507 e. The van der Waals surface area contributed by atoms with Gasteiger partial charge in [0.05, 0.1) is 5.56 Å². The van der Waals surface area contributed by atoms with Gasteiger partial charge in [0.15, 0.2) is 11.5 Å². The van der Waals surface area contributed by atoms with Gasteiger partial charge in [-0.1, -0.05) is 13.0 Å². The molecule has 0 unspecified atom stereocenters. The zero-order valence-corrected chi connectivity index (χ0v) is 15.2. The molecular weight excluding hydrogens is 348 g/mol. The average molecular weight is 370 g/mol. The molecule has 1 aromatic carbocycles. The molecular formula is C20H22N2O5. The summed E-state index contributed by atoms with van der Waals surface area (Å²) in [6.45, 7) is 3.64. The number of nitrogens with one attached hydrogen (secondary N) is 1. The minimum absolute atomic E-state index is 0.0839. The number of carbonyl (C=O) groups is 1. The van der Waals surface area contributed by atoms with Crippen molar-refractivity contribution in [3.05, 3.63) is 51.9 Å². The molecule has 4 rings (SSSR count). The molecule has 1 atom stereocenters. The van der Waals surface area contributed by atoms with Crippen LogP contribution in [0.5, 0.6) is 17.2 Å². The number of H-pyrrole nitrogens is 1. The molecule has 2 aromatic rings. The quantitative estimate of drug-likeness (QED) is 0.865. The number of benzene rings is 1. The number of likely N-dealkylation sites (tertiary alicyclic amines) is 1. The standard InChI is InChI=1S/C20H22N2O5/c1-20(9-13-3-4-16-17(7-13)27-12-26-16)5-2-6-22(11-20)19(25)14-10-21-18(24)8-15(14)23/h3-4,7-8,10H,2,5-6,9,11-12H2,1H3,(H2,21,23,24)/t20-/m1/s1. The van der Waals surface area contributed by atoms with Crippen LogP contribution in [-0.2, 0) is 6.42 Å². The van der Waals surface area contributed by atoms with Crippen molar-refractivity contribution < 1.29 is 19.4 Å². The molecule has 7 heteroatoms. The maximum absolute atomic E-state index is 12.8. The number of aromatic nitrogens is 1. The first-order valence-corrected chi connectivity index (χ1v) is 9.03. The highest BCUT2D eigenvalue weighted by Gasteiger charge is 2.34. The summed E-state index contributed by atoms with van der Waals surface area (Å²) in [6.07, 6.45) is 3.98. The molecule has 0 aliphatic carbocycles. The lowest BCUT2D eigenvalue weighted by atomic mass is 9.76. The van der Waals surface area contributed by atoms with Gasteiger partial charge in [-0.15, -0.1) is 0 Å². The fourth-order valence-corrected chi connectivity index (χ4v) is 3.98. The Morgan fingerprint density at radius 3 is 2.93 bits per heavy atom. The third-order valence-electron chi connectivity index (χ3n) is 5.27. The molecule has 27 heavy (non-hydrogen) atoms. The van der Waals surface area contributed by atoms with E-state index in [1.165, 1.54) is 6.20 Å². The highest BCUT2D eigenvalue weighted by molar-refractivity contribution is 5.96. The number of hydrogen-bond donors (Lipinski definition) is 2. The monoisotopic (exact) mass is 370 g/mol. The third-order valence-corrected chi connectivity index (χ3v) is 5.27. The summed E-state index contributed by atoms with van der Waals surface area (Å²) in [6, 6.07) is 6.99. The smallest absolute Gasteiger partial charge is 0.259 e. The molecule has 2 N–H and O–H groups in total. The predicted octanol–water partition coefficient (Wildman–Crippen LogP) is 2.29. The molecule has 1 fully saturated rings. The molecule has 142 valence electrons. The molecule has 7 nitrogen and oxygen atoms in total. The van der Waals surface area contributed by atoms with Crippen LogP contribution < -0.4 is 15.0 Å². The number of piperidine rings is 1. The summed E-state index contributed by atoms with van der Waals surface area (Å²) >= 11 is 0. The van der Waals surface area contributed by atoms with Crippen molar-refractivity contribution in [2.75, 3.05) is 19.9 Å². The van der Waals surface area contributed by atoms with Crippen LogP contribution in [0.3, 0.4) is 0 Å². The summed E-state index contributed by atoms with van der Waals surface area (Å²) in [4.78, 5) is 28.3. The SMILES string of the molecule is C[C@]1(Cc2ccc3c(c2)OCO3)CCCN(C(=O)c2c[nH]c(=O)cc2O)C1. The number of aromatic hydroxyl groups is 1. The average Bonchev–Trinajstić information content (AvgIpc) is 3.08. The van der Waals surface area contributed by atoms with Gasteiger partial charge in [-0.3, -0.25) is 9.59 Å². The van der Waals surface area contributed by atoms with Crippen molar-refractivity contribution in [3.63, 3.8) is 0 Å². The zero-order valence-electron chi connectivity index (χ0n) is 15.2. The number of rotatable bonds is 3. The Kier molecular flexibility index (Phi) is 4.30. The van der Waals surface area contributed by atoms with Gasteiger partial charge in [0.2, 0.25) is 6.79 Å². The Hall–Kier alpha value is -2.96. The normalized spacial score (nSPS) is 21.3. The predicted molar refractivity (Wildman–Crippen MR) is 98.2 cm³/mol. The first-order chi connectivity index (χ1) is 12.9. The first-order valence-electron chi connectivity index (χ1n) is 9.03. The van der Waals surface area contributed by atoms with Gasteiger partial charge in [0.25, 0.3) is 11.5 Å². The number of amides is 1. The van der Waals surface area contributed by atoms with Gasteiger partial charge in [-0.25, -0.2) is 0 Å². The lowest BCUT2D eigenvalue weighted by molar-refractivity contribution is 0.0547. The summed E-state index contributed by atoms with van der Waals surface area (Å²) < 4.78 is 10.8. The van der Waals surface area contributed by atoms with Crippen molar-refractivity contribution in [2.45, 2.75) is 26.2 Å². The van der Waals surface area contributed by atoms with Crippen LogP contribution in [0.2, 0.25) is 0 Å². The Bertz CT molecular complexity index is 938. The summed E-state index contributed by atoms with van der Waals surface area (Å²) in [7, 11) is 0. The Morgan fingerprint density at radius 1 is 1.30 bits per heavy atom. The van der Waals surface area contributed by atoms with Gasteiger partial charge in [-0.05, 0) is 42.4 Å². The van der Waals surface area contributed by atoms with Crippen LogP contribution >= 0.6 is 0 Å². The summed E-state index contributed by atoms with van der Waals surface area (Å²) in [5, 5.41) is 9.95. The topological polar surface area (TPSA) is 91.9 Å². The van der Waals surface area contributed by atoms with E-state index in [4.69, 9.17) is 9.47 Å². The molecule has 0 saturated carbocycles. The number of pyridine rings is 1. The molecule has 1 saturated heterocycles. The second-order valence-corrected chi connectivity index (χ2v) is 7.60. The zero-order chi connectivity index (χ0) is 19.0. The van der Waals surface area contributed by atoms with E-state index in [1.807, 2.05) is 18.2 Å². The third kappa shape index (κ3) is 3.49. The molecule has 1 aromatic heterocycles. The lowest BCUT2D eigenvalue weighted by Gasteiger charge is -2.40. The van der Waals surface area contributed by atoms with Crippen molar-refractivity contribution in [3.8, 4) is 17.2 Å². The summed E-state index contributed by atoms with van der Waals surface area (Å²) in [5.41, 5.74) is 0.750. The van der Waals surface area contributed by atoms with Crippen molar-refractivity contribution >= 4 is 5.91 Å². The maximum atomic E-state index is 12.8. The first kappa shape index (κ1) is 17.5. The van der Waals surface area contributed by atoms with Crippen molar-refractivity contribution in [2.24, 2.45) is 5.41 Å². The lowest BCUT2D eigenvalue weighted by Crippen LogP contribution is -2.45. The number of nitrogens with zero attached hydrogens (tertiary/aromatic N) is 1. The minimum atomic E-state index is -0.435. The van der Waals surface area contributed by atoms with Crippen LogP contribution in [0.4, 0.5) is 0 Å². The molecule has 2 aliphatic rings. The Labute approximate surface area is 156 Å². The Morgan fingerprint density at radius 2 is 2.11 bits per heavy atom. The van der Waals surface area contributed by atoms with Gasteiger partial charge in [0, 0.05) is 25.4 Å².